The zero-order valence-electron chi connectivity index (χ0n) is 20.6. The number of rotatable bonds is 7. The first kappa shape index (κ1) is 24.3. The fourth-order valence-corrected chi connectivity index (χ4v) is 4.80. The van der Waals surface area contributed by atoms with E-state index in [0.717, 1.165) is 23.4 Å². The average Bonchev–Trinajstić information content (AvgIpc) is 2.81. The predicted octanol–water partition coefficient (Wildman–Crippen LogP) is 4.82. The Balaban J connectivity index is 1.81. The zero-order valence-corrected chi connectivity index (χ0v) is 20.6. The number of methoxy groups -OCH3 is 1. The molecule has 0 saturated heterocycles. The van der Waals surface area contributed by atoms with E-state index in [0.29, 0.717) is 47.2 Å². The van der Waals surface area contributed by atoms with Gasteiger partial charge in [0.2, 0.25) is 0 Å². The molecule has 2 N–H and O–H groups in total. The summed E-state index contributed by atoms with van der Waals surface area (Å²) in [6.07, 6.45) is 2.86. The van der Waals surface area contributed by atoms with Crippen molar-refractivity contribution in [2.24, 2.45) is 5.92 Å². The lowest BCUT2D eigenvalue weighted by molar-refractivity contribution is -0.117. The number of dihydropyridines is 1. The molecule has 1 aromatic heterocycles. The van der Waals surface area contributed by atoms with Gasteiger partial charge in [0.25, 0.3) is 5.91 Å². The maximum absolute atomic E-state index is 13.6. The number of amides is 1. The molecule has 0 fully saturated rings. The molecule has 2 aromatic rings. The van der Waals surface area contributed by atoms with Crippen LogP contribution in [0.25, 0.3) is 0 Å². The smallest absolute Gasteiger partial charge is 0.255 e. The molecule has 2 atom stereocenters. The lowest BCUT2D eigenvalue weighted by Crippen LogP contribution is -2.37. The Morgan fingerprint density at radius 3 is 2.74 bits per heavy atom. The zero-order chi connectivity index (χ0) is 25.1. The molecule has 1 aliphatic heterocycles. The van der Waals surface area contributed by atoms with Gasteiger partial charge in [-0.25, -0.2) is 4.98 Å². The fourth-order valence-electron chi connectivity index (χ4n) is 4.80. The van der Waals surface area contributed by atoms with Crippen molar-refractivity contribution in [2.75, 3.05) is 19.0 Å². The van der Waals surface area contributed by atoms with Crippen molar-refractivity contribution in [1.82, 2.24) is 10.3 Å². The van der Waals surface area contributed by atoms with Gasteiger partial charge in [0.1, 0.15) is 12.4 Å². The van der Waals surface area contributed by atoms with Gasteiger partial charge in [-0.05, 0) is 56.0 Å². The summed E-state index contributed by atoms with van der Waals surface area (Å²) < 4.78 is 11.3. The van der Waals surface area contributed by atoms with Crippen LogP contribution in [-0.2, 0) is 9.59 Å². The molecule has 1 aliphatic carbocycles. The van der Waals surface area contributed by atoms with Gasteiger partial charge in [0.05, 0.1) is 7.11 Å². The number of carbonyl (C=O) groups is 2. The number of carbonyl (C=O) groups excluding carboxylic acids is 2. The van der Waals surface area contributed by atoms with Crippen LogP contribution in [0.15, 0.2) is 71.6 Å². The van der Waals surface area contributed by atoms with Crippen LogP contribution < -0.4 is 20.1 Å². The van der Waals surface area contributed by atoms with E-state index in [9.17, 15) is 9.59 Å². The monoisotopic (exact) mass is 473 g/mol. The number of hydrogen-bond donors (Lipinski definition) is 2. The van der Waals surface area contributed by atoms with Crippen LogP contribution in [0, 0.1) is 12.8 Å². The van der Waals surface area contributed by atoms with Gasteiger partial charge in [-0.3, -0.25) is 9.59 Å². The number of Topliss-reactive ketones (excluding diaryl/α,β-unsaturated/α-hetero) is 1. The first-order chi connectivity index (χ1) is 16.8. The second kappa shape index (κ2) is 10.2. The van der Waals surface area contributed by atoms with E-state index in [2.05, 4.69) is 29.1 Å². The highest BCUT2D eigenvalue weighted by Crippen LogP contribution is 2.45. The third-order valence-electron chi connectivity index (χ3n) is 6.28. The molecule has 0 spiro atoms. The Morgan fingerprint density at radius 2 is 2.03 bits per heavy atom. The molecule has 2 unspecified atom stereocenters. The van der Waals surface area contributed by atoms with E-state index in [-0.39, 0.29) is 17.6 Å². The SMILES string of the molecule is C=CCOc1ccc(C2C(C(=O)Nc3cccc(C)n3)=C(C)NC3=C2C(=O)CC(C)C3)cc1OC. The number of anilines is 1. The Labute approximate surface area is 205 Å². The molecule has 0 saturated carbocycles. The first-order valence-corrected chi connectivity index (χ1v) is 11.7. The number of ether oxygens (including phenoxy) is 2. The number of nitrogens with zero attached hydrogens (tertiary/aromatic N) is 1. The molecule has 35 heavy (non-hydrogen) atoms. The van der Waals surface area contributed by atoms with Crippen molar-refractivity contribution in [2.45, 2.75) is 39.5 Å². The van der Waals surface area contributed by atoms with Crippen LogP contribution in [-0.4, -0.2) is 30.4 Å². The van der Waals surface area contributed by atoms with Crippen molar-refractivity contribution in [3.63, 3.8) is 0 Å². The quantitative estimate of drug-likeness (QED) is 0.561. The van der Waals surface area contributed by atoms with E-state index in [1.54, 1.807) is 19.3 Å². The van der Waals surface area contributed by atoms with Crippen LogP contribution in [0.5, 0.6) is 11.5 Å². The normalized spacial score (nSPS) is 19.6. The number of nitrogens with one attached hydrogen (secondary N) is 2. The summed E-state index contributed by atoms with van der Waals surface area (Å²) in [7, 11) is 1.57. The highest BCUT2D eigenvalue weighted by atomic mass is 16.5. The molecule has 0 bridgehead atoms. The maximum Gasteiger partial charge on any atom is 0.255 e. The van der Waals surface area contributed by atoms with E-state index in [4.69, 9.17) is 9.47 Å². The van der Waals surface area contributed by atoms with E-state index < -0.39 is 5.92 Å². The summed E-state index contributed by atoms with van der Waals surface area (Å²) in [5, 5.41) is 6.29. The molecule has 2 aliphatic rings. The fraction of sp³-hybridized carbons (Fsp3) is 0.321. The van der Waals surface area contributed by atoms with Crippen LogP contribution in [0.3, 0.4) is 0 Å². The summed E-state index contributed by atoms with van der Waals surface area (Å²) in [5.74, 6) is 0.994. The molecular formula is C28H31N3O4. The Morgan fingerprint density at radius 1 is 1.23 bits per heavy atom. The largest absolute Gasteiger partial charge is 0.493 e. The van der Waals surface area contributed by atoms with Gasteiger partial charge in [-0.2, -0.15) is 0 Å². The Bertz CT molecular complexity index is 1240. The second-order valence-corrected chi connectivity index (χ2v) is 9.05. The number of benzene rings is 1. The van der Waals surface area contributed by atoms with Crippen molar-refractivity contribution in [3.8, 4) is 11.5 Å². The van der Waals surface area contributed by atoms with Crippen LogP contribution >= 0.6 is 0 Å². The van der Waals surface area contributed by atoms with Gasteiger partial charge in [0.15, 0.2) is 17.3 Å². The van der Waals surface area contributed by atoms with Gasteiger partial charge >= 0.3 is 0 Å². The van der Waals surface area contributed by atoms with Crippen molar-refractivity contribution in [3.05, 3.63) is 82.9 Å². The standard InChI is InChI=1S/C28H31N3O4/c1-6-12-35-22-11-10-19(15-23(22)34-5)26-25(28(33)31-24-9-7-8-17(3)29-24)18(4)30-20-13-16(2)14-21(32)27(20)26/h6-11,15-16,26,30H,1,12-14H2,2-5H3,(H,29,31,33). The summed E-state index contributed by atoms with van der Waals surface area (Å²) >= 11 is 0. The van der Waals surface area contributed by atoms with Crippen molar-refractivity contribution < 1.29 is 19.1 Å². The number of aromatic nitrogens is 1. The van der Waals surface area contributed by atoms with Gasteiger partial charge in [0, 0.05) is 40.6 Å². The summed E-state index contributed by atoms with van der Waals surface area (Å²) in [5.41, 5.74) is 4.30. The van der Waals surface area contributed by atoms with Crippen LogP contribution in [0.1, 0.15) is 43.9 Å². The molecule has 0 radical (unpaired) electrons. The van der Waals surface area contributed by atoms with Crippen molar-refractivity contribution >= 4 is 17.5 Å². The minimum Gasteiger partial charge on any atom is -0.493 e. The lowest BCUT2D eigenvalue weighted by Gasteiger charge is -2.36. The minimum atomic E-state index is -0.543. The van der Waals surface area contributed by atoms with Gasteiger partial charge in [-0.1, -0.05) is 31.7 Å². The third kappa shape index (κ3) is 4.99. The number of ketones is 1. The Hall–Kier alpha value is -3.87. The summed E-state index contributed by atoms with van der Waals surface area (Å²) in [6, 6.07) is 11.0. The molecule has 2 heterocycles. The number of allylic oxidation sites excluding steroid dienone is 3. The highest BCUT2D eigenvalue weighted by molar-refractivity contribution is 6.09. The topological polar surface area (TPSA) is 89.5 Å². The van der Waals surface area contributed by atoms with E-state index >= 15 is 0 Å². The predicted molar refractivity (Wildman–Crippen MR) is 135 cm³/mol. The lowest BCUT2D eigenvalue weighted by atomic mass is 9.73. The van der Waals surface area contributed by atoms with E-state index in [1.807, 2.05) is 44.2 Å². The minimum absolute atomic E-state index is 0.0497. The molecule has 4 rings (SSSR count). The third-order valence-corrected chi connectivity index (χ3v) is 6.28. The van der Waals surface area contributed by atoms with Gasteiger partial charge in [-0.15, -0.1) is 0 Å². The molecule has 182 valence electrons. The maximum atomic E-state index is 13.6. The summed E-state index contributed by atoms with van der Waals surface area (Å²) in [6.45, 7) is 9.83. The number of aryl methyl sites for hydroxylation is 1. The Kier molecular flexibility index (Phi) is 7.05. The molecule has 1 amide bonds. The van der Waals surface area contributed by atoms with Crippen LogP contribution in [0.2, 0.25) is 0 Å². The molecular weight excluding hydrogens is 442 g/mol. The van der Waals surface area contributed by atoms with Gasteiger partial charge < -0.3 is 20.1 Å². The average molecular weight is 474 g/mol. The number of pyridine rings is 1. The second-order valence-electron chi connectivity index (χ2n) is 9.05. The molecule has 1 aromatic carbocycles. The first-order valence-electron chi connectivity index (χ1n) is 11.7. The highest BCUT2D eigenvalue weighted by Gasteiger charge is 2.40. The van der Waals surface area contributed by atoms with E-state index in [1.165, 1.54) is 0 Å². The molecule has 7 heteroatoms. The van der Waals surface area contributed by atoms with Crippen LogP contribution in [0.4, 0.5) is 5.82 Å². The summed E-state index contributed by atoms with van der Waals surface area (Å²) in [4.78, 5) is 31.4. The molecule has 7 nitrogen and oxygen atoms in total. The number of hydrogen-bond acceptors (Lipinski definition) is 6. The van der Waals surface area contributed by atoms with Crippen molar-refractivity contribution in [1.29, 1.82) is 0 Å².